The van der Waals surface area contributed by atoms with Crippen molar-refractivity contribution in [1.29, 1.82) is 0 Å². The van der Waals surface area contributed by atoms with Crippen LogP contribution in [0, 0.1) is 0 Å². The van der Waals surface area contributed by atoms with E-state index in [2.05, 4.69) is 26.0 Å². The van der Waals surface area contributed by atoms with Crippen LogP contribution < -0.4 is 0 Å². The molecule has 2 rings (SSSR count). The SMILES string of the molecule is FC(F)(F)c1ccc(-n2cncn2)c(Br)c1. The summed E-state index contributed by atoms with van der Waals surface area (Å²) in [5.41, 5.74) is -0.200. The van der Waals surface area contributed by atoms with E-state index in [1.54, 1.807) is 0 Å². The van der Waals surface area contributed by atoms with Gasteiger partial charge in [-0.25, -0.2) is 9.67 Å². The monoisotopic (exact) mass is 291 g/mol. The van der Waals surface area contributed by atoms with Crippen molar-refractivity contribution in [3.05, 3.63) is 40.9 Å². The molecule has 7 heteroatoms. The summed E-state index contributed by atoms with van der Waals surface area (Å²) in [6.45, 7) is 0. The molecule has 16 heavy (non-hydrogen) atoms. The molecule has 2 aromatic rings. The molecule has 1 heterocycles. The Morgan fingerprint density at radius 2 is 2.00 bits per heavy atom. The molecule has 3 nitrogen and oxygen atoms in total. The Hall–Kier alpha value is -1.37. The van der Waals surface area contributed by atoms with Gasteiger partial charge < -0.3 is 0 Å². The molecule has 1 aromatic heterocycles. The fraction of sp³-hybridized carbons (Fsp3) is 0.111. The first-order chi connectivity index (χ1) is 7.48. The quantitative estimate of drug-likeness (QED) is 0.808. The summed E-state index contributed by atoms with van der Waals surface area (Å²) in [6.07, 6.45) is -1.62. The fourth-order valence-electron chi connectivity index (χ4n) is 1.20. The average Bonchev–Trinajstić information content (AvgIpc) is 2.69. The van der Waals surface area contributed by atoms with Gasteiger partial charge in [-0.1, -0.05) is 0 Å². The normalized spacial score (nSPS) is 11.8. The minimum atomic E-state index is -4.34. The zero-order valence-electron chi connectivity index (χ0n) is 7.74. The molecular formula is C9H5BrF3N3. The summed E-state index contributed by atoms with van der Waals surface area (Å²) in [7, 11) is 0. The summed E-state index contributed by atoms with van der Waals surface area (Å²) in [4.78, 5) is 3.72. The van der Waals surface area contributed by atoms with Gasteiger partial charge in [-0.2, -0.15) is 18.3 Å². The number of alkyl halides is 3. The minimum Gasteiger partial charge on any atom is -0.223 e. The molecule has 0 spiro atoms. The van der Waals surface area contributed by atoms with E-state index in [9.17, 15) is 13.2 Å². The first kappa shape index (κ1) is 11.1. The predicted molar refractivity (Wildman–Crippen MR) is 54.1 cm³/mol. The van der Waals surface area contributed by atoms with Gasteiger partial charge in [0, 0.05) is 4.47 Å². The van der Waals surface area contributed by atoms with Gasteiger partial charge in [0.05, 0.1) is 11.3 Å². The number of halogens is 4. The summed E-state index contributed by atoms with van der Waals surface area (Å²) in [5, 5.41) is 3.83. The molecule has 0 saturated heterocycles. The van der Waals surface area contributed by atoms with E-state index >= 15 is 0 Å². The Morgan fingerprint density at radius 3 is 2.50 bits per heavy atom. The minimum absolute atomic E-state index is 0.313. The second-order valence-electron chi connectivity index (χ2n) is 3.00. The molecule has 0 N–H and O–H groups in total. The lowest BCUT2D eigenvalue weighted by atomic mass is 10.2. The third-order valence-corrected chi connectivity index (χ3v) is 2.58. The van der Waals surface area contributed by atoms with E-state index in [1.165, 1.54) is 23.4 Å². The van der Waals surface area contributed by atoms with Crippen LogP contribution in [0.4, 0.5) is 13.2 Å². The standard InChI is InChI=1S/C9H5BrF3N3/c10-7-3-6(9(11,12)13)1-2-8(7)16-5-14-4-15-16/h1-5H. The van der Waals surface area contributed by atoms with Gasteiger partial charge in [0.25, 0.3) is 0 Å². The molecule has 84 valence electrons. The van der Waals surface area contributed by atoms with Gasteiger partial charge in [0.2, 0.25) is 0 Å². The van der Waals surface area contributed by atoms with Crippen LogP contribution in [-0.4, -0.2) is 14.8 Å². The molecule has 0 radical (unpaired) electrons. The van der Waals surface area contributed by atoms with Crippen LogP contribution in [-0.2, 0) is 6.18 Å². The van der Waals surface area contributed by atoms with Crippen molar-refractivity contribution in [2.24, 2.45) is 0 Å². The van der Waals surface area contributed by atoms with Crippen LogP contribution in [0.2, 0.25) is 0 Å². The fourth-order valence-corrected chi connectivity index (χ4v) is 1.76. The van der Waals surface area contributed by atoms with Crippen molar-refractivity contribution < 1.29 is 13.2 Å². The lowest BCUT2D eigenvalue weighted by Gasteiger charge is -2.09. The molecule has 0 unspecified atom stereocenters. The number of aromatic nitrogens is 3. The molecular weight excluding hydrogens is 287 g/mol. The van der Waals surface area contributed by atoms with Crippen molar-refractivity contribution in [2.45, 2.75) is 6.18 Å². The summed E-state index contributed by atoms with van der Waals surface area (Å²) >= 11 is 3.07. The van der Waals surface area contributed by atoms with Gasteiger partial charge in [-0.3, -0.25) is 0 Å². The topological polar surface area (TPSA) is 30.7 Å². The third kappa shape index (κ3) is 2.08. The third-order valence-electron chi connectivity index (χ3n) is 1.94. The van der Waals surface area contributed by atoms with Crippen molar-refractivity contribution in [3.8, 4) is 5.69 Å². The lowest BCUT2D eigenvalue weighted by Crippen LogP contribution is -2.06. The van der Waals surface area contributed by atoms with Crippen LogP contribution in [0.3, 0.4) is 0 Å². The summed E-state index contributed by atoms with van der Waals surface area (Å²) in [6, 6.07) is 3.35. The van der Waals surface area contributed by atoms with Gasteiger partial charge in [0.1, 0.15) is 12.7 Å². The smallest absolute Gasteiger partial charge is 0.223 e. The highest BCUT2D eigenvalue weighted by molar-refractivity contribution is 9.10. The molecule has 0 aliphatic heterocycles. The van der Waals surface area contributed by atoms with E-state index in [1.807, 2.05) is 0 Å². The molecule has 0 aliphatic carbocycles. The number of rotatable bonds is 1. The molecule has 0 amide bonds. The highest BCUT2D eigenvalue weighted by Gasteiger charge is 2.30. The molecule has 0 bridgehead atoms. The van der Waals surface area contributed by atoms with Crippen molar-refractivity contribution in [3.63, 3.8) is 0 Å². The van der Waals surface area contributed by atoms with Gasteiger partial charge in [-0.15, -0.1) is 0 Å². The van der Waals surface area contributed by atoms with Crippen molar-refractivity contribution in [1.82, 2.24) is 14.8 Å². The van der Waals surface area contributed by atoms with Crippen LogP contribution in [0.25, 0.3) is 5.69 Å². The van der Waals surface area contributed by atoms with Crippen molar-refractivity contribution in [2.75, 3.05) is 0 Å². The number of nitrogens with zero attached hydrogens (tertiary/aromatic N) is 3. The Morgan fingerprint density at radius 1 is 1.25 bits per heavy atom. The maximum Gasteiger partial charge on any atom is 0.416 e. The Bertz CT molecular complexity index is 493. The zero-order valence-corrected chi connectivity index (χ0v) is 9.33. The zero-order chi connectivity index (χ0) is 11.8. The van der Waals surface area contributed by atoms with Gasteiger partial charge >= 0.3 is 6.18 Å². The molecule has 0 aliphatic rings. The molecule has 0 fully saturated rings. The van der Waals surface area contributed by atoms with Crippen LogP contribution in [0.1, 0.15) is 5.56 Å². The Balaban J connectivity index is 2.46. The summed E-state index contributed by atoms with van der Waals surface area (Å²) in [5.74, 6) is 0. The Labute approximate surface area is 97.0 Å². The second-order valence-corrected chi connectivity index (χ2v) is 3.86. The van der Waals surface area contributed by atoms with Crippen LogP contribution in [0.5, 0.6) is 0 Å². The molecule has 0 atom stereocenters. The lowest BCUT2D eigenvalue weighted by molar-refractivity contribution is -0.137. The largest absolute Gasteiger partial charge is 0.416 e. The number of hydrogen-bond acceptors (Lipinski definition) is 2. The van der Waals surface area contributed by atoms with Crippen LogP contribution in [0.15, 0.2) is 35.3 Å². The average molecular weight is 292 g/mol. The first-order valence-corrected chi connectivity index (χ1v) is 4.99. The second kappa shape index (κ2) is 3.89. The van der Waals surface area contributed by atoms with Gasteiger partial charge in [0.15, 0.2) is 0 Å². The first-order valence-electron chi connectivity index (χ1n) is 4.20. The van der Waals surface area contributed by atoms with E-state index in [4.69, 9.17) is 0 Å². The van der Waals surface area contributed by atoms with Crippen LogP contribution >= 0.6 is 15.9 Å². The van der Waals surface area contributed by atoms with Crippen molar-refractivity contribution >= 4 is 15.9 Å². The van der Waals surface area contributed by atoms with E-state index in [0.717, 1.165) is 12.1 Å². The van der Waals surface area contributed by atoms with E-state index < -0.39 is 11.7 Å². The predicted octanol–water partition coefficient (Wildman–Crippen LogP) is 3.05. The number of hydrogen-bond donors (Lipinski definition) is 0. The van der Waals surface area contributed by atoms with E-state index in [-0.39, 0.29) is 0 Å². The summed E-state index contributed by atoms with van der Waals surface area (Å²) < 4.78 is 38.9. The maximum absolute atomic E-state index is 12.4. The highest BCUT2D eigenvalue weighted by Crippen LogP contribution is 2.32. The van der Waals surface area contributed by atoms with E-state index in [0.29, 0.717) is 10.2 Å². The van der Waals surface area contributed by atoms with Gasteiger partial charge in [-0.05, 0) is 34.1 Å². The highest BCUT2D eigenvalue weighted by atomic mass is 79.9. The molecule has 0 saturated carbocycles. The number of benzene rings is 1. The maximum atomic E-state index is 12.4. The molecule has 1 aromatic carbocycles. The Kier molecular flexibility index (Phi) is 2.71.